The number of ether oxygens (including phenoxy) is 1. The summed E-state index contributed by atoms with van der Waals surface area (Å²) in [5, 5.41) is 18.1. The summed E-state index contributed by atoms with van der Waals surface area (Å²) in [7, 11) is 1.56. The first kappa shape index (κ1) is 31.7. The number of aliphatic hydroxyl groups is 1. The van der Waals surface area contributed by atoms with E-state index in [9.17, 15) is 19.5 Å². The number of nitrogens with zero attached hydrogens (tertiary/aromatic N) is 6. The van der Waals surface area contributed by atoms with E-state index < -0.39 is 23.5 Å². The van der Waals surface area contributed by atoms with Crippen LogP contribution in [-0.4, -0.2) is 66.5 Å². The van der Waals surface area contributed by atoms with Crippen LogP contribution in [0.25, 0.3) is 27.7 Å². The fraction of sp³-hybridized carbons (Fsp3) is 0.294. The molecule has 1 fully saturated rings. The Bertz CT molecular complexity index is 2110. The normalized spacial score (nSPS) is 13.6. The first-order valence-electron chi connectivity index (χ1n) is 15.1. The average Bonchev–Trinajstić information content (AvgIpc) is 3.06. The van der Waals surface area contributed by atoms with Gasteiger partial charge < -0.3 is 24.6 Å². The van der Waals surface area contributed by atoms with Crippen molar-refractivity contribution in [3.8, 4) is 16.9 Å². The van der Waals surface area contributed by atoms with Gasteiger partial charge in [-0.1, -0.05) is 32.9 Å². The molecule has 0 spiro atoms. The summed E-state index contributed by atoms with van der Waals surface area (Å²) in [5.41, 5.74) is 0.974. The van der Waals surface area contributed by atoms with Gasteiger partial charge in [0, 0.05) is 49.0 Å². The zero-order chi connectivity index (χ0) is 33.5. The maximum atomic E-state index is 15.3. The molecule has 1 saturated heterocycles. The molecular formula is C34H34FN7O5. The van der Waals surface area contributed by atoms with E-state index >= 15 is 4.39 Å². The molecule has 4 heterocycles. The van der Waals surface area contributed by atoms with E-state index in [-0.39, 0.29) is 28.2 Å². The van der Waals surface area contributed by atoms with Crippen molar-refractivity contribution in [1.82, 2.24) is 29.2 Å². The largest absolute Gasteiger partial charge is 0.392 e. The molecule has 6 rings (SSSR count). The number of hydrogen-bond acceptors (Lipinski definition) is 9. The second-order valence-electron chi connectivity index (χ2n) is 12.3. The lowest BCUT2D eigenvalue weighted by atomic mass is 9.86. The Labute approximate surface area is 269 Å². The second-order valence-corrected chi connectivity index (χ2v) is 12.3. The van der Waals surface area contributed by atoms with Crippen LogP contribution in [0.2, 0.25) is 0 Å². The predicted octanol–water partition coefficient (Wildman–Crippen LogP) is 3.69. The topological polar surface area (TPSA) is 144 Å². The Hall–Kier alpha value is -5.27. The minimum Gasteiger partial charge on any atom is -0.392 e. The highest BCUT2D eigenvalue weighted by molar-refractivity contribution is 5.94. The minimum atomic E-state index is -0.676. The molecule has 13 heteroatoms. The zero-order valence-electron chi connectivity index (χ0n) is 26.5. The quantitative estimate of drug-likeness (QED) is 0.284. The lowest BCUT2D eigenvalue weighted by molar-refractivity contribution is 0.0302. The molecule has 1 aliphatic rings. The second kappa shape index (κ2) is 12.5. The van der Waals surface area contributed by atoms with E-state index in [1.165, 1.54) is 29.2 Å². The van der Waals surface area contributed by atoms with Gasteiger partial charge in [-0.15, -0.1) is 0 Å². The molecular weight excluding hydrogens is 605 g/mol. The third kappa shape index (κ3) is 6.14. The van der Waals surface area contributed by atoms with Crippen molar-refractivity contribution < 1.29 is 19.0 Å². The number of nitrogens with one attached hydrogen (secondary N) is 1. The summed E-state index contributed by atoms with van der Waals surface area (Å²) in [6.45, 7) is 7.34. The molecule has 0 radical (unpaired) electrons. The highest BCUT2D eigenvalue weighted by Gasteiger charge is 2.22. The van der Waals surface area contributed by atoms with Crippen molar-refractivity contribution in [2.75, 3.05) is 31.6 Å². The molecule has 3 aromatic heterocycles. The van der Waals surface area contributed by atoms with Crippen molar-refractivity contribution in [1.29, 1.82) is 0 Å². The molecule has 47 heavy (non-hydrogen) atoms. The maximum Gasteiger partial charge on any atom is 0.293 e. The molecule has 1 amide bonds. The molecule has 0 unspecified atom stereocenters. The fourth-order valence-corrected chi connectivity index (χ4v) is 5.50. The number of pyridine rings is 1. The summed E-state index contributed by atoms with van der Waals surface area (Å²) in [4.78, 5) is 50.0. The lowest BCUT2D eigenvalue weighted by Gasteiger charge is -2.26. The predicted molar refractivity (Wildman–Crippen MR) is 175 cm³/mol. The van der Waals surface area contributed by atoms with Gasteiger partial charge in [0.1, 0.15) is 11.6 Å². The van der Waals surface area contributed by atoms with Crippen molar-refractivity contribution in [3.63, 3.8) is 0 Å². The monoisotopic (exact) mass is 639 g/mol. The Morgan fingerprint density at radius 1 is 1.06 bits per heavy atom. The van der Waals surface area contributed by atoms with Crippen LogP contribution in [0.15, 0.2) is 70.6 Å². The number of morpholine rings is 1. The van der Waals surface area contributed by atoms with Crippen LogP contribution in [0.5, 0.6) is 0 Å². The molecule has 12 nitrogen and oxygen atoms in total. The summed E-state index contributed by atoms with van der Waals surface area (Å²) in [6, 6.07) is 11.3. The summed E-state index contributed by atoms with van der Waals surface area (Å²) in [5.74, 6) is -0.559. The van der Waals surface area contributed by atoms with Crippen LogP contribution in [0.3, 0.4) is 0 Å². The molecule has 0 bridgehead atoms. The third-order valence-electron chi connectivity index (χ3n) is 8.15. The van der Waals surface area contributed by atoms with Crippen LogP contribution in [0.4, 0.5) is 16.0 Å². The van der Waals surface area contributed by atoms with E-state index in [1.54, 1.807) is 48.3 Å². The number of halogens is 1. The Balaban J connectivity index is 1.36. The number of carbonyl (C=O) groups is 1. The molecule has 242 valence electrons. The Morgan fingerprint density at radius 3 is 2.51 bits per heavy atom. The van der Waals surface area contributed by atoms with Crippen LogP contribution in [-0.2, 0) is 23.8 Å². The molecule has 0 atom stereocenters. The lowest BCUT2D eigenvalue weighted by Crippen LogP contribution is -2.40. The number of carbonyl (C=O) groups excluding carboxylic acids is 1. The van der Waals surface area contributed by atoms with Crippen LogP contribution in [0, 0.1) is 5.82 Å². The number of aryl methyl sites for hydroxylation is 1. The fourth-order valence-electron chi connectivity index (χ4n) is 5.50. The van der Waals surface area contributed by atoms with Gasteiger partial charge in [0.05, 0.1) is 48.3 Å². The average molecular weight is 640 g/mol. The summed E-state index contributed by atoms with van der Waals surface area (Å²) < 4.78 is 23.0. The maximum absolute atomic E-state index is 15.3. The molecule has 1 aliphatic heterocycles. The zero-order valence-corrected chi connectivity index (χ0v) is 26.5. The van der Waals surface area contributed by atoms with Crippen LogP contribution >= 0.6 is 0 Å². The molecule has 0 saturated carbocycles. The van der Waals surface area contributed by atoms with Gasteiger partial charge in [-0.25, -0.2) is 14.4 Å². The van der Waals surface area contributed by atoms with Gasteiger partial charge in [0.15, 0.2) is 5.82 Å². The van der Waals surface area contributed by atoms with Crippen molar-refractivity contribution in [2.24, 2.45) is 7.05 Å². The number of amides is 1. The van der Waals surface area contributed by atoms with E-state index in [0.29, 0.717) is 59.9 Å². The van der Waals surface area contributed by atoms with Gasteiger partial charge in [-0.2, -0.15) is 9.78 Å². The van der Waals surface area contributed by atoms with Crippen LogP contribution < -0.4 is 16.4 Å². The number of rotatable bonds is 6. The minimum absolute atomic E-state index is 0.0447. The van der Waals surface area contributed by atoms with Gasteiger partial charge in [-0.05, 0) is 41.3 Å². The van der Waals surface area contributed by atoms with E-state index in [4.69, 9.17) is 4.74 Å². The third-order valence-corrected chi connectivity index (χ3v) is 8.15. The van der Waals surface area contributed by atoms with E-state index in [0.717, 1.165) is 10.2 Å². The smallest absolute Gasteiger partial charge is 0.293 e. The molecule has 2 aromatic carbocycles. The number of anilines is 2. The highest BCUT2D eigenvalue weighted by Crippen LogP contribution is 2.29. The van der Waals surface area contributed by atoms with Gasteiger partial charge in [-0.3, -0.25) is 14.4 Å². The number of fused-ring (bicyclic) bond motifs is 1. The first-order valence-corrected chi connectivity index (χ1v) is 15.1. The van der Waals surface area contributed by atoms with Crippen molar-refractivity contribution >= 4 is 28.3 Å². The Morgan fingerprint density at radius 2 is 1.83 bits per heavy atom. The number of hydrogen-bond donors (Lipinski definition) is 2. The van der Waals surface area contributed by atoms with E-state index in [1.807, 2.05) is 20.8 Å². The van der Waals surface area contributed by atoms with Gasteiger partial charge in [0.25, 0.3) is 17.0 Å². The van der Waals surface area contributed by atoms with Crippen LogP contribution in [0.1, 0.15) is 42.3 Å². The standard InChI is InChI=1S/C34H34FN7O5/c1-34(2,3)22-14-21-17-37-42(32(45)29(21)25(35)15-22)27-7-5-6-23(24(27)19-43)26-18-40(4)33(46)30(38-26)39-28-9-8-20(16-36-28)31(44)41-10-12-47-13-11-41/h5-9,14-18,43H,10-13,19H2,1-4H3,(H,36,38,39). The van der Waals surface area contributed by atoms with Gasteiger partial charge >= 0.3 is 0 Å². The molecule has 0 aliphatic carbocycles. The molecule has 2 N–H and O–H groups in total. The van der Waals surface area contributed by atoms with Crippen molar-refractivity contribution in [3.05, 3.63) is 104 Å². The SMILES string of the molecule is Cn1cc(-c2cccc(-n3ncc4cc(C(C)(C)C)cc(F)c4c3=O)c2CO)nc(Nc2ccc(C(=O)N3CCOCC3)cn2)c1=O. The Kier molecular flexibility index (Phi) is 8.43. The summed E-state index contributed by atoms with van der Waals surface area (Å²) >= 11 is 0. The number of aliphatic hydroxyl groups excluding tert-OH is 1. The van der Waals surface area contributed by atoms with Gasteiger partial charge in [0.2, 0.25) is 0 Å². The summed E-state index contributed by atoms with van der Waals surface area (Å²) in [6.07, 6.45) is 4.37. The molecule has 5 aromatic rings. The van der Waals surface area contributed by atoms with E-state index in [2.05, 4.69) is 20.4 Å². The first-order chi connectivity index (χ1) is 22.5. The number of aromatic nitrogens is 5. The number of benzene rings is 2. The van der Waals surface area contributed by atoms with Crippen molar-refractivity contribution in [2.45, 2.75) is 32.8 Å². The highest BCUT2D eigenvalue weighted by atomic mass is 19.1.